The Morgan fingerprint density at radius 3 is 2.62 bits per heavy atom. The Morgan fingerprint density at radius 1 is 1.19 bits per heavy atom. The second-order valence-electron chi connectivity index (χ2n) is 6.50. The SMILES string of the molecule is CCCN1CCCN(C(=O)c2ccc(-c3n[nH]c(CC)n3)cc2)CC1=O. The molecule has 7 nitrogen and oxygen atoms in total. The number of aromatic amines is 1. The molecule has 2 aromatic rings. The van der Waals surface area contributed by atoms with Crippen LogP contribution in [0.5, 0.6) is 0 Å². The Morgan fingerprint density at radius 2 is 1.96 bits per heavy atom. The summed E-state index contributed by atoms with van der Waals surface area (Å²) in [6.07, 6.45) is 2.54. The van der Waals surface area contributed by atoms with Gasteiger partial charge in [-0.05, 0) is 25.0 Å². The normalized spacial score (nSPS) is 15.2. The van der Waals surface area contributed by atoms with E-state index in [1.165, 1.54) is 0 Å². The molecule has 0 unspecified atom stereocenters. The van der Waals surface area contributed by atoms with E-state index in [1.54, 1.807) is 17.0 Å². The zero-order valence-corrected chi connectivity index (χ0v) is 15.4. The maximum atomic E-state index is 12.8. The molecular formula is C19H25N5O2. The third-order valence-corrected chi connectivity index (χ3v) is 4.57. The fraction of sp³-hybridized carbons (Fsp3) is 0.474. The first kappa shape index (κ1) is 18.1. The summed E-state index contributed by atoms with van der Waals surface area (Å²) >= 11 is 0. The number of carbonyl (C=O) groups excluding carboxylic acids is 2. The third-order valence-electron chi connectivity index (χ3n) is 4.57. The van der Waals surface area contributed by atoms with Crippen molar-refractivity contribution in [2.45, 2.75) is 33.1 Å². The summed E-state index contributed by atoms with van der Waals surface area (Å²) in [5.41, 5.74) is 1.44. The van der Waals surface area contributed by atoms with Crippen molar-refractivity contribution < 1.29 is 9.59 Å². The van der Waals surface area contributed by atoms with E-state index in [0.717, 1.165) is 43.7 Å². The largest absolute Gasteiger partial charge is 0.341 e. The average molecular weight is 355 g/mol. The molecule has 1 fully saturated rings. The van der Waals surface area contributed by atoms with E-state index in [2.05, 4.69) is 22.1 Å². The third kappa shape index (κ3) is 3.92. The van der Waals surface area contributed by atoms with Gasteiger partial charge in [0.1, 0.15) is 12.4 Å². The second kappa shape index (κ2) is 8.12. The lowest BCUT2D eigenvalue weighted by Crippen LogP contribution is -2.39. The molecule has 0 aliphatic carbocycles. The van der Waals surface area contributed by atoms with Crippen LogP contribution < -0.4 is 0 Å². The lowest BCUT2D eigenvalue weighted by atomic mass is 10.1. The van der Waals surface area contributed by atoms with Crippen LogP contribution in [0.4, 0.5) is 0 Å². The van der Waals surface area contributed by atoms with Gasteiger partial charge >= 0.3 is 0 Å². The molecular weight excluding hydrogens is 330 g/mol. The molecule has 0 radical (unpaired) electrons. The predicted octanol–water partition coefficient (Wildman–Crippen LogP) is 2.12. The number of carbonyl (C=O) groups is 2. The number of amides is 2. The molecule has 0 bridgehead atoms. The maximum absolute atomic E-state index is 12.8. The molecule has 1 aliphatic heterocycles. The van der Waals surface area contributed by atoms with Crippen LogP contribution in [0.3, 0.4) is 0 Å². The molecule has 7 heteroatoms. The molecule has 1 aromatic carbocycles. The van der Waals surface area contributed by atoms with E-state index in [0.29, 0.717) is 17.9 Å². The molecule has 0 spiro atoms. The van der Waals surface area contributed by atoms with Gasteiger partial charge in [-0.25, -0.2) is 4.98 Å². The van der Waals surface area contributed by atoms with Crippen molar-refractivity contribution in [2.24, 2.45) is 0 Å². The van der Waals surface area contributed by atoms with E-state index < -0.39 is 0 Å². The Kier molecular flexibility index (Phi) is 5.65. The monoisotopic (exact) mass is 355 g/mol. The first-order valence-electron chi connectivity index (χ1n) is 9.21. The highest BCUT2D eigenvalue weighted by atomic mass is 16.2. The Bertz CT molecular complexity index is 768. The van der Waals surface area contributed by atoms with Crippen molar-refractivity contribution in [3.05, 3.63) is 35.7 Å². The summed E-state index contributed by atoms with van der Waals surface area (Å²) in [5, 5.41) is 7.08. The minimum atomic E-state index is -0.104. The molecule has 138 valence electrons. The number of hydrogen-bond donors (Lipinski definition) is 1. The number of aryl methyl sites for hydroxylation is 1. The van der Waals surface area contributed by atoms with Gasteiger partial charge in [-0.3, -0.25) is 14.7 Å². The molecule has 26 heavy (non-hydrogen) atoms. The van der Waals surface area contributed by atoms with Crippen LogP contribution in [-0.4, -0.2) is 63.0 Å². The van der Waals surface area contributed by atoms with E-state index >= 15 is 0 Å². The highest BCUT2D eigenvalue weighted by Crippen LogP contribution is 2.17. The van der Waals surface area contributed by atoms with E-state index in [4.69, 9.17) is 0 Å². The molecule has 2 heterocycles. The van der Waals surface area contributed by atoms with Crippen LogP contribution in [0.15, 0.2) is 24.3 Å². The number of nitrogens with zero attached hydrogens (tertiary/aromatic N) is 4. The minimum Gasteiger partial charge on any atom is -0.341 e. The smallest absolute Gasteiger partial charge is 0.254 e. The van der Waals surface area contributed by atoms with Gasteiger partial charge in [0.2, 0.25) is 5.91 Å². The van der Waals surface area contributed by atoms with Crippen molar-refractivity contribution in [3.8, 4) is 11.4 Å². The van der Waals surface area contributed by atoms with Gasteiger partial charge in [0.25, 0.3) is 5.91 Å². The fourth-order valence-electron chi connectivity index (χ4n) is 3.13. The standard InChI is InChI=1S/C19H25N5O2/c1-3-10-23-11-5-12-24(13-17(23)25)19(26)15-8-6-14(7-9-15)18-20-16(4-2)21-22-18/h6-9H,3-5,10-13H2,1-2H3,(H,20,21,22). The van der Waals surface area contributed by atoms with Crippen molar-refractivity contribution in [1.82, 2.24) is 25.0 Å². The van der Waals surface area contributed by atoms with E-state index in [1.807, 2.05) is 24.0 Å². The van der Waals surface area contributed by atoms with Crippen LogP contribution in [0.2, 0.25) is 0 Å². The topological polar surface area (TPSA) is 82.2 Å². The van der Waals surface area contributed by atoms with E-state index in [-0.39, 0.29) is 18.4 Å². The molecule has 0 atom stereocenters. The number of H-pyrrole nitrogens is 1. The molecule has 1 aliphatic rings. The van der Waals surface area contributed by atoms with Crippen LogP contribution in [0, 0.1) is 0 Å². The number of hydrogen-bond acceptors (Lipinski definition) is 4. The molecule has 1 saturated heterocycles. The van der Waals surface area contributed by atoms with Crippen molar-refractivity contribution in [1.29, 1.82) is 0 Å². The van der Waals surface area contributed by atoms with Gasteiger partial charge in [0.05, 0.1) is 0 Å². The lowest BCUT2D eigenvalue weighted by Gasteiger charge is -2.21. The van der Waals surface area contributed by atoms with Gasteiger partial charge in [-0.15, -0.1) is 0 Å². The molecule has 3 rings (SSSR count). The van der Waals surface area contributed by atoms with Gasteiger partial charge in [0, 0.05) is 37.2 Å². The average Bonchev–Trinajstić information content (AvgIpc) is 3.07. The molecule has 2 amide bonds. The quantitative estimate of drug-likeness (QED) is 0.891. The fourth-order valence-corrected chi connectivity index (χ4v) is 3.13. The van der Waals surface area contributed by atoms with Gasteiger partial charge in [-0.1, -0.05) is 26.0 Å². The lowest BCUT2D eigenvalue weighted by molar-refractivity contribution is -0.130. The number of nitrogens with one attached hydrogen (secondary N) is 1. The molecule has 1 aromatic heterocycles. The Hall–Kier alpha value is -2.70. The van der Waals surface area contributed by atoms with Crippen molar-refractivity contribution in [2.75, 3.05) is 26.2 Å². The molecule has 0 saturated carbocycles. The number of aromatic nitrogens is 3. The number of benzene rings is 1. The predicted molar refractivity (Wildman–Crippen MR) is 98.6 cm³/mol. The summed E-state index contributed by atoms with van der Waals surface area (Å²) in [6.45, 7) is 6.30. The highest BCUT2D eigenvalue weighted by molar-refractivity contribution is 5.97. The summed E-state index contributed by atoms with van der Waals surface area (Å²) in [7, 11) is 0. The van der Waals surface area contributed by atoms with E-state index in [9.17, 15) is 9.59 Å². The Labute approximate surface area is 153 Å². The zero-order chi connectivity index (χ0) is 18.5. The zero-order valence-electron chi connectivity index (χ0n) is 15.4. The second-order valence-corrected chi connectivity index (χ2v) is 6.50. The highest BCUT2D eigenvalue weighted by Gasteiger charge is 2.25. The van der Waals surface area contributed by atoms with Crippen molar-refractivity contribution in [3.63, 3.8) is 0 Å². The maximum Gasteiger partial charge on any atom is 0.254 e. The van der Waals surface area contributed by atoms with Crippen LogP contribution in [0.25, 0.3) is 11.4 Å². The number of rotatable bonds is 5. The first-order valence-corrected chi connectivity index (χ1v) is 9.21. The summed E-state index contributed by atoms with van der Waals surface area (Å²) in [4.78, 5) is 33.0. The van der Waals surface area contributed by atoms with Crippen molar-refractivity contribution >= 4 is 11.8 Å². The van der Waals surface area contributed by atoms with Gasteiger partial charge in [0.15, 0.2) is 5.82 Å². The van der Waals surface area contributed by atoms with Crippen LogP contribution in [-0.2, 0) is 11.2 Å². The van der Waals surface area contributed by atoms with Crippen LogP contribution in [0.1, 0.15) is 42.9 Å². The van der Waals surface area contributed by atoms with Crippen LogP contribution >= 0.6 is 0 Å². The summed E-state index contributed by atoms with van der Waals surface area (Å²) in [6, 6.07) is 7.25. The van der Waals surface area contributed by atoms with Gasteiger partial charge < -0.3 is 9.80 Å². The summed E-state index contributed by atoms with van der Waals surface area (Å²) < 4.78 is 0. The minimum absolute atomic E-state index is 0.0298. The summed E-state index contributed by atoms with van der Waals surface area (Å²) in [5.74, 6) is 1.38. The Balaban J connectivity index is 1.70. The van der Waals surface area contributed by atoms with Gasteiger partial charge in [-0.2, -0.15) is 5.10 Å². The first-order chi connectivity index (χ1) is 12.6. The molecule has 1 N–H and O–H groups in total.